The number of carbonyl (C=O) groups is 3. The van der Waals surface area contributed by atoms with Gasteiger partial charge in [-0.2, -0.15) is 0 Å². The third kappa shape index (κ3) is 5.87. The van der Waals surface area contributed by atoms with Crippen LogP contribution < -0.4 is 15.4 Å². The fraction of sp³-hybridized carbons (Fsp3) is 0.211. The fourth-order valence-electron chi connectivity index (χ4n) is 2.38. The monoisotopic (exact) mass is 419 g/mol. The summed E-state index contributed by atoms with van der Waals surface area (Å²) < 4.78 is 31.9. The van der Waals surface area contributed by atoms with Crippen molar-refractivity contribution < 1.29 is 27.5 Å². The largest absolute Gasteiger partial charge is 0.444 e. The molecule has 0 aliphatic heterocycles. The number of esters is 1. The van der Waals surface area contributed by atoms with Gasteiger partial charge in [0.25, 0.3) is 5.91 Å². The zero-order valence-electron chi connectivity index (χ0n) is 15.8. The Morgan fingerprint density at radius 1 is 1.03 bits per heavy atom. The van der Waals surface area contributed by atoms with Gasteiger partial charge in [0.1, 0.15) is 0 Å². The molecular formula is C19H21N3O6S. The lowest BCUT2D eigenvalue weighted by molar-refractivity contribution is -0.129. The van der Waals surface area contributed by atoms with Crippen LogP contribution in [0.5, 0.6) is 0 Å². The van der Waals surface area contributed by atoms with Gasteiger partial charge in [0.2, 0.25) is 16.1 Å². The van der Waals surface area contributed by atoms with E-state index in [-0.39, 0.29) is 17.0 Å². The van der Waals surface area contributed by atoms with Crippen LogP contribution in [0.3, 0.4) is 0 Å². The first kappa shape index (κ1) is 22.1. The number of sulfonamides is 1. The summed E-state index contributed by atoms with van der Waals surface area (Å²) in [4.78, 5) is 36.4. The molecule has 0 radical (unpaired) electrons. The molecule has 0 aliphatic rings. The Balaban J connectivity index is 2.30. The molecular weight excluding hydrogens is 398 g/mol. The van der Waals surface area contributed by atoms with Crippen LogP contribution in [0.4, 0.5) is 4.79 Å². The molecule has 9 nitrogen and oxygen atoms in total. The second-order valence-corrected chi connectivity index (χ2v) is 7.56. The van der Waals surface area contributed by atoms with Crippen molar-refractivity contribution in [3.05, 3.63) is 65.7 Å². The maximum Gasteiger partial charge on any atom is 0.339 e. The van der Waals surface area contributed by atoms with Gasteiger partial charge < -0.3 is 10.1 Å². The van der Waals surface area contributed by atoms with Crippen molar-refractivity contribution in [2.45, 2.75) is 17.9 Å². The van der Waals surface area contributed by atoms with Gasteiger partial charge >= 0.3 is 12.0 Å². The number of benzene rings is 2. The molecule has 154 valence electrons. The zero-order chi connectivity index (χ0) is 21.4. The smallest absolute Gasteiger partial charge is 0.339 e. The van der Waals surface area contributed by atoms with Crippen LogP contribution in [0.1, 0.15) is 28.9 Å². The highest BCUT2D eigenvalue weighted by Crippen LogP contribution is 2.21. The number of carbonyl (C=O) groups excluding carboxylic acids is 3. The fourth-order valence-corrected chi connectivity index (χ4v) is 3.47. The lowest BCUT2D eigenvalue weighted by atomic mass is 10.1. The van der Waals surface area contributed by atoms with Crippen molar-refractivity contribution >= 4 is 27.9 Å². The minimum absolute atomic E-state index is 0.0577. The molecule has 0 fully saturated rings. The standard InChI is InChI=1S/C19H21N3O6S/c1-3-21-29(26,27)15-11-7-10-14(12-15)18(24)28-16(13-8-5-4-6-9-13)17(23)22-19(25)20-2/h4-12,16,21H,3H2,1-2H3,(H2,20,22,23,25). The maximum atomic E-state index is 12.6. The van der Waals surface area contributed by atoms with E-state index in [1.165, 1.54) is 25.2 Å². The molecule has 0 spiro atoms. The molecule has 0 heterocycles. The summed E-state index contributed by atoms with van der Waals surface area (Å²) in [6, 6.07) is 12.6. The molecule has 0 saturated carbocycles. The molecule has 2 rings (SSSR count). The Morgan fingerprint density at radius 3 is 2.34 bits per heavy atom. The first-order chi connectivity index (χ1) is 13.8. The minimum atomic E-state index is -3.77. The SMILES string of the molecule is CCNS(=O)(=O)c1cccc(C(=O)OC(C(=O)NC(=O)NC)c2ccccc2)c1. The molecule has 10 heteroatoms. The molecule has 1 atom stereocenters. The summed E-state index contributed by atoms with van der Waals surface area (Å²) in [6.07, 6.45) is -1.41. The molecule has 0 aliphatic carbocycles. The Kier molecular flexibility index (Phi) is 7.46. The molecule has 0 saturated heterocycles. The second kappa shape index (κ2) is 9.80. The van der Waals surface area contributed by atoms with E-state index in [0.717, 1.165) is 6.07 Å². The van der Waals surface area contributed by atoms with Crippen molar-refractivity contribution in [2.75, 3.05) is 13.6 Å². The van der Waals surface area contributed by atoms with Crippen LogP contribution >= 0.6 is 0 Å². The number of hydrogen-bond donors (Lipinski definition) is 3. The summed E-state index contributed by atoms with van der Waals surface area (Å²) in [5.74, 6) is -1.76. The molecule has 2 aromatic carbocycles. The Morgan fingerprint density at radius 2 is 1.72 bits per heavy atom. The third-order valence-corrected chi connectivity index (χ3v) is 5.29. The Bertz CT molecular complexity index is 992. The van der Waals surface area contributed by atoms with Gasteiger partial charge in [0.15, 0.2) is 0 Å². The van der Waals surface area contributed by atoms with Gasteiger partial charge in [-0.1, -0.05) is 43.3 Å². The number of amides is 3. The van der Waals surface area contributed by atoms with Gasteiger partial charge in [0, 0.05) is 19.2 Å². The highest BCUT2D eigenvalue weighted by Gasteiger charge is 2.27. The van der Waals surface area contributed by atoms with Gasteiger partial charge in [-0.15, -0.1) is 0 Å². The number of rotatable bonds is 7. The molecule has 0 bridgehead atoms. The van der Waals surface area contributed by atoms with Crippen LogP contribution in [0.25, 0.3) is 0 Å². The van der Waals surface area contributed by atoms with Crippen molar-refractivity contribution in [1.29, 1.82) is 0 Å². The normalized spacial score (nSPS) is 11.9. The van der Waals surface area contributed by atoms with E-state index in [1.54, 1.807) is 37.3 Å². The van der Waals surface area contributed by atoms with E-state index >= 15 is 0 Å². The predicted molar refractivity (Wildman–Crippen MR) is 105 cm³/mol. The molecule has 2 aromatic rings. The molecule has 1 unspecified atom stereocenters. The Labute approximate surface area is 168 Å². The van der Waals surface area contributed by atoms with Crippen LogP contribution in [-0.2, 0) is 19.6 Å². The molecule has 3 amide bonds. The van der Waals surface area contributed by atoms with E-state index in [9.17, 15) is 22.8 Å². The minimum Gasteiger partial charge on any atom is -0.444 e. The lowest BCUT2D eigenvalue weighted by Gasteiger charge is -2.17. The molecule has 29 heavy (non-hydrogen) atoms. The number of imide groups is 1. The first-order valence-electron chi connectivity index (χ1n) is 8.66. The van der Waals surface area contributed by atoms with Gasteiger partial charge in [0.05, 0.1) is 10.5 Å². The first-order valence-corrected chi connectivity index (χ1v) is 10.1. The van der Waals surface area contributed by atoms with Crippen molar-refractivity contribution in [3.8, 4) is 0 Å². The lowest BCUT2D eigenvalue weighted by Crippen LogP contribution is -2.41. The van der Waals surface area contributed by atoms with Crippen molar-refractivity contribution in [1.82, 2.24) is 15.4 Å². The van der Waals surface area contributed by atoms with Crippen LogP contribution in [0.15, 0.2) is 59.5 Å². The summed E-state index contributed by atoms with van der Waals surface area (Å²) in [7, 11) is -2.44. The highest BCUT2D eigenvalue weighted by molar-refractivity contribution is 7.89. The average molecular weight is 419 g/mol. The van der Waals surface area contributed by atoms with E-state index in [2.05, 4.69) is 15.4 Å². The Hall–Kier alpha value is -3.24. The topological polar surface area (TPSA) is 131 Å². The highest BCUT2D eigenvalue weighted by atomic mass is 32.2. The number of urea groups is 1. The van der Waals surface area contributed by atoms with E-state index < -0.39 is 34.0 Å². The van der Waals surface area contributed by atoms with E-state index in [0.29, 0.717) is 5.56 Å². The summed E-state index contributed by atoms with van der Waals surface area (Å²) in [5, 5.41) is 4.30. The molecule has 3 N–H and O–H groups in total. The van der Waals surface area contributed by atoms with E-state index in [4.69, 9.17) is 4.74 Å². The predicted octanol–water partition coefficient (Wildman–Crippen LogP) is 1.34. The van der Waals surface area contributed by atoms with Crippen LogP contribution in [0.2, 0.25) is 0 Å². The number of nitrogens with one attached hydrogen (secondary N) is 3. The zero-order valence-corrected chi connectivity index (χ0v) is 16.7. The summed E-state index contributed by atoms with van der Waals surface area (Å²) in [6.45, 7) is 1.82. The average Bonchev–Trinajstić information content (AvgIpc) is 2.72. The van der Waals surface area contributed by atoms with Crippen molar-refractivity contribution in [3.63, 3.8) is 0 Å². The quantitative estimate of drug-likeness (QED) is 0.581. The third-order valence-electron chi connectivity index (χ3n) is 3.74. The van der Waals surface area contributed by atoms with E-state index in [1.807, 2.05) is 0 Å². The van der Waals surface area contributed by atoms with Crippen LogP contribution in [0, 0.1) is 0 Å². The summed E-state index contributed by atoms with van der Waals surface area (Å²) in [5.41, 5.74) is 0.288. The second-order valence-electron chi connectivity index (χ2n) is 5.79. The number of hydrogen-bond acceptors (Lipinski definition) is 6. The maximum absolute atomic E-state index is 12.6. The van der Waals surface area contributed by atoms with Gasteiger partial charge in [-0.25, -0.2) is 22.7 Å². The molecule has 0 aromatic heterocycles. The number of ether oxygens (including phenoxy) is 1. The van der Waals surface area contributed by atoms with Crippen molar-refractivity contribution in [2.24, 2.45) is 0 Å². The van der Waals surface area contributed by atoms with Gasteiger partial charge in [-0.05, 0) is 18.2 Å². The van der Waals surface area contributed by atoms with Crippen LogP contribution in [-0.4, -0.2) is 39.9 Å². The van der Waals surface area contributed by atoms with Gasteiger partial charge in [-0.3, -0.25) is 10.1 Å². The summed E-state index contributed by atoms with van der Waals surface area (Å²) >= 11 is 0.